The average molecular weight is 449 g/mol. The predicted molar refractivity (Wildman–Crippen MR) is 128 cm³/mol. The zero-order chi connectivity index (χ0) is 23.7. The average Bonchev–Trinajstić information content (AvgIpc) is 3.12. The van der Waals surface area contributed by atoms with Gasteiger partial charge in [-0.2, -0.15) is 0 Å². The third-order valence-corrected chi connectivity index (χ3v) is 6.04. The van der Waals surface area contributed by atoms with E-state index in [4.69, 9.17) is 4.74 Å². The lowest BCUT2D eigenvalue weighted by atomic mass is 10.1. The minimum atomic E-state index is -0.986. The first-order chi connectivity index (χ1) is 15.9. The minimum Gasteiger partial charge on any atom is -0.464 e. The molecule has 0 aliphatic heterocycles. The van der Waals surface area contributed by atoms with E-state index in [-0.39, 0.29) is 13.2 Å². The van der Waals surface area contributed by atoms with Crippen LogP contribution in [0.2, 0.25) is 0 Å². The van der Waals surface area contributed by atoms with Crippen LogP contribution < -0.4 is 11.2 Å². The molecule has 3 heterocycles. The normalized spacial score (nSPS) is 12.4. The molecule has 1 aromatic carbocycles. The van der Waals surface area contributed by atoms with Crippen molar-refractivity contribution in [1.29, 1.82) is 0 Å². The molecule has 0 unspecified atom stereocenters. The predicted octanol–water partition coefficient (Wildman–Crippen LogP) is 3.31. The number of aryl methyl sites for hydroxylation is 2. The second-order valence-corrected chi connectivity index (χ2v) is 8.23. The molecule has 4 rings (SSSR count). The van der Waals surface area contributed by atoms with Crippen LogP contribution in [-0.4, -0.2) is 31.3 Å². The second kappa shape index (κ2) is 9.05. The molecule has 0 saturated carbocycles. The van der Waals surface area contributed by atoms with E-state index in [9.17, 15) is 14.4 Å². The molecule has 0 fully saturated rings. The number of hydrogen-bond donors (Lipinski definition) is 0. The first kappa shape index (κ1) is 22.5. The van der Waals surface area contributed by atoms with Crippen molar-refractivity contribution in [2.75, 3.05) is 6.61 Å². The van der Waals surface area contributed by atoms with Crippen molar-refractivity contribution in [3.8, 4) is 0 Å². The van der Waals surface area contributed by atoms with Crippen LogP contribution in [0.1, 0.15) is 43.9 Å². The largest absolute Gasteiger partial charge is 0.464 e. The number of aromatic nitrogens is 4. The number of nitrogens with zero attached hydrogens (tertiary/aromatic N) is 4. The van der Waals surface area contributed by atoms with Gasteiger partial charge >= 0.3 is 11.7 Å². The molecular weight excluding hydrogens is 420 g/mol. The summed E-state index contributed by atoms with van der Waals surface area (Å²) < 4.78 is 9.83. The second-order valence-electron chi connectivity index (χ2n) is 8.23. The van der Waals surface area contributed by atoms with Crippen molar-refractivity contribution in [2.24, 2.45) is 7.05 Å². The van der Waals surface area contributed by atoms with Gasteiger partial charge < -0.3 is 9.30 Å². The van der Waals surface area contributed by atoms with Gasteiger partial charge in [0, 0.05) is 36.5 Å². The Balaban J connectivity index is 1.99. The van der Waals surface area contributed by atoms with E-state index in [1.807, 2.05) is 49.9 Å². The number of benzene rings is 1. The van der Waals surface area contributed by atoms with Gasteiger partial charge in [-0.25, -0.2) is 14.2 Å². The number of carbonyl (C=O) groups is 1. The summed E-state index contributed by atoms with van der Waals surface area (Å²) in [6, 6.07) is 6.76. The number of carbonyl (C=O) groups excluding carboxylic acids is 1. The summed E-state index contributed by atoms with van der Waals surface area (Å²) in [6.45, 7) is 6.07. The molecule has 0 aliphatic carbocycles. The van der Waals surface area contributed by atoms with Gasteiger partial charge in [0.2, 0.25) is 0 Å². The Morgan fingerprint density at radius 1 is 1.15 bits per heavy atom. The van der Waals surface area contributed by atoms with Gasteiger partial charge in [0.15, 0.2) is 0 Å². The molecular formula is C25H28N4O4. The lowest BCUT2D eigenvalue weighted by Gasteiger charge is -2.20. The number of rotatable bonds is 7. The molecule has 1 atom stereocenters. The van der Waals surface area contributed by atoms with Gasteiger partial charge in [-0.3, -0.25) is 14.3 Å². The molecule has 0 aliphatic rings. The van der Waals surface area contributed by atoms with E-state index in [2.05, 4.69) is 4.98 Å². The Hall–Kier alpha value is -3.68. The van der Waals surface area contributed by atoms with Gasteiger partial charge in [-0.1, -0.05) is 25.5 Å². The monoisotopic (exact) mass is 448 g/mol. The Bertz CT molecular complexity index is 1460. The Kier molecular flexibility index (Phi) is 6.18. The quantitative estimate of drug-likeness (QED) is 0.405. The molecule has 172 valence electrons. The van der Waals surface area contributed by atoms with E-state index in [1.165, 1.54) is 6.20 Å². The molecule has 8 heteroatoms. The zero-order valence-electron chi connectivity index (χ0n) is 19.4. The van der Waals surface area contributed by atoms with Crippen molar-refractivity contribution < 1.29 is 9.53 Å². The standard InChI is InChI=1S/C25H28N4O4/c1-5-8-21(24(31)33-6-2)29-23(30)18-13-26-12-11-19(18)28(25(29)32)15-17-14-27(4)20-10-7-9-16(3)22(17)20/h7,9-14,21H,5-6,8,15H2,1-4H3/t21-/m1/s1. The van der Waals surface area contributed by atoms with Gasteiger partial charge in [0.25, 0.3) is 5.56 Å². The molecule has 0 bridgehead atoms. The van der Waals surface area contributed by atoms with Crippen LogP contribution in [-0.2, 0) is 23.1 Å². The van der Waals surface area contributed by atoms with Gasteiger partial charge in [-0.05, 0) is 43.5 Å². The van der Waals surface area contributed by atoms with Crippen LogP contribution in [0.4, 0.5) is 0 Å². The van der Waals surface area contributed by atoms with Gasteiger partial charge in [0.05, 0.1) is 24.1 Å². The van der Waals surface area contributed by atoms with Crippen molar-refractivity contribution in [2.45, 2.75) is 46.2 Å². The molecule has 0 amide bonds. The summed E-state index contributed by atoms with van der Waals surface area (Å²) in [5.74, 6) is -0.575. The summed E-state index contributed by atoms with van der Waals surface area (Å²) in [5, 5.41) is 1.36. The molecule has 0 saturated heterocycles. The number of hydrogen-bond acceptors (Lipinski definition) is 5. The van der Waals surface area contributed by atoms with E-state index in [0.29, 0.717) is 23.7 Å². The zero-order valence-corrected chi connectivity index (χ0v) is 19.4. The Labute approximate surface area is 191 Å². The van der Waals surface area contributed by atoms with E-state index in [1.54, 1.807) is 23.8 Å². The fourth-order valence-corrected chi connectivity index (χ4v) is 4.55. The highest BCUT2D eigenvalue weighted by atomic mass is 16.5. The molecule has 3 aromatic heterocycles. The van der Waals surface area contributed by atoms with Crippen LogP contribution in [0.5, 0.6) is 0 Å². The molecule has 33 heavy (non-hydrogen) atoms. The number of fused-ring (bicyclic) bond motifs is 2. The molecule has 8 nitrogen and oxygen atoms in total. The third kappa shape index (κ3) is 3.86. The van der Waals surface area contributed by atoms with Crippen LogP contribution >= 0.6 is 0 Å². The molecule has 0 N–H and O–H groups in total. The van der Waals surface area contributed by atoms with E-state index in [0.717, 1.165) is 26.6 Å². The Morgan fingerprint density at radius 2 is 1.94 bits per heavy atom. The van der Waals surface area contributed by atoms with Crippen LogP contribution in [0, 0.1) is 6.92 Å². The smallest absolute Gasteiger partial charge is 0.332 e. The first-order valence-electron chi connectivity index (χ1n) is 11.2. The Morgan fingerprint density at radius 3 is 2.67 bits per heavy atom. The summed E-state index contributed by atoms with van der Waals surface area (Å²) >= 11 is 0. The van der Waals surface area contributed by atoms with Crippen molar-refractivity contribution >= 4 is 27.8 Å². The summed E-state index contributed by atoms with van der Waals surface area (Å²) in [4.78, 5) is 43.9. The van der Waals surface area contributed by atoms with Crippen LogP contribution in [0.25, 0.3) is 21.8 Å². The summed E-state index contributed by atoms with van der Waals surface area (Å²) in [5.41, 5.74) is 2.55. The minimum absolute atomic E-state index is 0.173. The molecule has 4 aromatic rings. The highest BCUT2D eigenvalue weighted by molar-refractivity contribution is 5.87. The lowest BCUT2D eigenvalue weighted by molar-refractivity contribution is -0.147. The van der Waals surface area contributed by atoms with Crippen molar-refractivity contribution in [3.05, 3.63) is 74.8 Å². The maximum atomic E-state index is 13.8. The highest BCUT2D eigenvalue weighted by Gasteiger charge is 2.27. The third-order valence-electron chi connectivity index (χ3n) is 6.04. The number of esters is 1. The number of ether oxygens (including phenoxy) is 1. The topological polar surface area (TPSA) is 88.1 Å². The van der Waals surface area contributed by atoms with Crippen LogP contribution in [0.3, 0.4) is 0 Å². The maximum Gasteiger partial charge on any atom is 0.332 e. The molecule has 0 spiro atoms. The maximum absolute atomic E-state index is 13.8. The van der Waals surface area contributed by atoms with Crippen molar-refractivity contribution in [1.82, 2.24) is 18.7 Å². The molecule has 0 radical (unpaired) electrons. The SMILES string of the molecule is CCC[C@H](C(=O)OCC)n1c(=O)c2cnccc2n(Cc2cn(C)c3cccc(C)c23)c1=O. The van der Waals surface area contributed by atoms with E-state index < -0.39 is 23.3 Å². The van der Waals surface area contributed by atoms with Crippen LogP contribution in [0.15, 0.2) is 52.4 Å². The summed E-state index contributed by atoms with van der Waals surface area (Å²) in [6.07, 6.45) is 5.95. The van der Waals surface area contributed by atoms with Gasteiger partial charge in [-0.15, -0.1) is 0 Å². The number of pyridine rings is 1. The van der Waals surface area contributed by atoms with Crippen molar-refractivity contribution in [3.63, 3.8) is 0 Å². The lowest BCUT2D eigenvalue weighted by Crippen LogP contribution is -2.45. The fraction of sp³-hybridized carbons (Fsp3) is 0.360. The fourth-order valence-electron chi connectivity index (χ4n) is 4.55. The van der Waals surface area contributed by atoms with Gasteiger partial charge in [0.1, 0.15) is 6.04 Å². The van der Waals surface area contributed by atoms with E-state index >= 15 is 0 Å². The first-order valence-corrected chi connectivity index (χ1v) is 11.2. The summed E-state index contributed by atoms with van der Waals surface area (Å²) in [7, 11) is 1.97. The highest BCUT2D eigenvalue weighted by Crippen LogP contribution is 2.25.